The highest BCUT2D eigenvalue weighted by atomic mass is 127. The highest BCUT2D eigenvalue weighted by molar-refractivity contribution is 14.0. The van der Waals surface area contributed by atoms with Gasteiger partial charge in [0.2, 0.25) is 0 Å². The van der Waals surface area contributed by atoms with Crippen LogP contribution in [0.1, 0.15) is 36.8 Å². The van der Waals surface area contributed by atoms with Crippen LogP contribution >= 0.6 is 24.0 Å². The minimum atomic E-state index is -0.389. The van der Waals surface area contributed by atoms with Gasteiger partial charge in [-0.2, -0.15) is 0 Å². The Hall–Kier alpha value is -2.36. The average molecular weight is 510 g/mol. The van der Waals surface area contributed by atoms with E-state index in [2.05, 4.69) is 10.6 Å². The van der Waals surface area contributed by atoms with Gasteiger partial charge in [0.15, 0.2) is 5.96 Å². The molecule has 1 saturated carbocycles. The van der Waals surface area contributed by atoms with E-state index in [0.29, 0.717) is 19.1 Å². The number of methoxy groups -OCH3 is 1. The number of non-ortho nitro benzene ring substituents is 1. The lowest BCUT2D eigenvalue weighted by atomic mass is 10.2. The first-order valence-corrected chi connectivity index (χ1v) is 9.55. The molecule has 0 amide bonds. The lowest BCUT2D eigenvalue weighted by Crippen LogP contribution is -2.42. The molecule has 1 aliphatic rings. The summed E-state index contributed by atoms with van der Waals surface area (Å²) in [6.07, 6.45) is 4.78. The number of rotatable bonds is 7. The predicted octanol–water partition coefficient (Wildman–Crippen LogP) is 4.40. The van der Waals surface area contributed by atoms with Gasteiger partial charge in [-0.25, -0.2) is 4.99 Å². The minimum absolute atomic E-state index is 0. The van der Waals surface area contributed by atoms with Crippen LogP contribution in [0.4, 0.5) is 5.69 Å². The van der Waals surface area contributed by atoms with Crippen LogP contribution in [0.15, 0.2) is 53.5 Å². The Bertz CT molecular complexity index is 821. The molecule has 0 bridgehead atoms. The molecule has 2 aromatic rings. The minimum Gasteiger partial charge on any atom is -0.497 e. The Morgan fingerprint density at radius 3 is 2.55 bits per heavy atom. The summed E-state index contributed by atoms with van der Waals surface area (Å²) in [7, 11) is 1.65. The molecule has 0 atom stereocenters. The highest BCUT2D eigenvalue weighted by Crippen LogP contribution is 2.18. The molecule has 0 radical (unpaired) electrons. The van der Waals surface area contributed by atoms with Crippen molar-refractivity contribution in [3.8, 4) is 5.75 Å². The van der Waals surface area contributed by atoms with Gasteiger partial charge in [0.1, 0.15) is 5.75 Å². The van der Waals surface area contributed by atoms with E-state index in [-0.39, 0.29) is 34.6 Å². The molecule has 0 spiro atoms. The molecular weight excluding hydrogens is 483 g/mol. The topological polar surface area (TPSA) is 88.8 Å². The fourth-order valence-electron chi connectivity index (χ4n) is 3.28. The molecule has 3 rings (SSSR count). The molecule has 0 unspecified atom stereocenters. The van der Waals surface area contributed by atoms with Crippen molar-refractivity contribution in [3.63, 3.8) is 0 Å². The summed E-state index contributed by atoms with van der Waals surface area (Å²) >= 11 is 0. The molecular formula is C21H27IN4O3. The van der Waals surface area contributed by atoms with E-state index in [4.69, 9.17) is 9.73 Å². The van der Waals surface area contributed by atoms with Crippen molar-refractivity contribution < 1.29 is 9.66 Å². The van der Waals surface area contributed by atoms with E-state index in [1.807, 2.05) is 24.3 Å². The molecule has 0 aliphatic heterocycles. The second-order valence-corrected chi connectivity index (χ2v) is 6.92. The monoisotopic (exact) mass is 510 g/mol. The Balaban J connectivity index is 0.00000300. The molecule has 29 heavy (non-hydrogen) atoms. The van der Waals surface area contributed by atoms with Gasteiger partial charge < -0.3 is 15.4 Å². The standard InChI is InChI=1S/C21H26N4O3.HI/c1-28-20-8-4-5-17(13-20)15-23-21(24-18-6-2-3-7-18)22-14-16-9-11-19(12-10-16)25(26)27;/h4-5,8-13,18H,2-3,6-7,14-15H2,1H3,(H2,22,23,24);1H. The van der Waals surface area contributed by atoms with Crippen molar-refractivity contribution in [2.45, 2.75) is 44.8 Å². The lowest BCUT2D eigenvalue weighted by Gasteiger charge is -2.17. The van der Waals surface area contributed by atoms with Crippen LogP contribution < -0.4 is 15.4 Å². The van der Waals surface area contributed by atoms with Crippen molar-refractivity contribution in [2.24, 2.45) is 4.99 Å². The summed E-state index contributed by atoms with van der Waals surface area (Å²) in [5.41, 5.74) is 2.13. The lowest BCUT2D eigenvalue weighted by molar-refractivity contribution is -0.384. The van der Waals surface area contributed by atoms with Gasteiger partial charge in [-0.3, -0.25) is 10.1 Å². The molecule has 1 fully saturated rings. The molecule has 0 aromatic heterocycles. The van der Waals surface area contributed by atoms with E-state index < -0.39 is 0 Å². The maximum atomic E-state index is 10.8. The van der Waals surface area contributed by atoms with Crippen LogP contribution in [-0.2, 0) is 13.1 Å². The first kappa shape index (κ1) is 22.9. The number of hydrogen-bond donors (Lipinski definition) is 2. The smallest absolute Gasteiger partial charge is 0.269 e. The Labute approximate surface area is 188 Å². The first-order valence-electron chi connectivity index (χ1n) is 9.55. The van der Waals surface area contributed by atoms with Gasteiger partial charge in [-0.1, -0.05) is 37.1 Å². The molecule has 1 aliphatic carbocycles. The average Bonchev–Trinajstić information content (AvgIpc) is 3.23. The van der Waals surface area contributed by atoms with Gasteiger partial charge in [0.25, 0.3) is 5.69 Å². The van der Waals surface area contributed by atoms with Crippen molar-refractivity contribution in [2.75, 3.05) is 7.11 Å². The highest BCUT2D eigenvalue weighted by Gasteiger charge is 2.16. The van der Waals surface area contributed by atoms with Crippen LogP contribution in [0.2, 0.25) is 0 Å². The number of nitro groups is 1. The predicted molar refractivity (Wildman–Crippen MR) is 125 cm³/mol. The van der Waals surface area contributed by atoms with E-state index >= 15 is 0 Å². The van der Waals surface area contributed by atoms with E-state index in [1.165, 1.54) is 25.0 Å². The van der Waals surface area contributed by atoms with Crippen molar-refractivity contribution in [3.05, 3.63) is 69.8 Å². The number of aliphatic imine (C=N–C) groups is 1. The molecule has 156 valence electrons. The zero-order valence-electron chi connectivity index (χ0n) is 16.5. The van der Waals surface area contributed by atoms with Crippen LogP contribution in [0.3, 0.4) is 0 Å². The number of guanidine groups is 1. The van der Waals surface area contributed by atoms with Crippen LogP contribution in [0.25, 0.3) is 0 Å². The summed E-state index contributed by atoms with van der Waals surface area (Å²) in [6.45, 7) is 1.09. The number of nitrogens with one attached hydrogen (secondary N) is 2. The maximum Gasteiger partial charge on any atom is 0.269 e. The molecule has 0 heterocycles. The third-order valence-corrected chi connectivity index (χ3v) is 4.86. The van der Waals surface area contributed by atoms with Gasteiger partial charge in [0.05, 0.1) is 18.6 Å². The van der Waals surface area contributed by atoms with Crippen molar-refractivity contribution >= 4 is 35.6 Å². The van der Waals surface area contributed by atoms with Crippen molar-refractivity contribution in [1.82, 2.24) is 10.6 Å². The quantitative estimate of drug-likeness (QED) is 0.190. The van der Waals surface area contributed by atoms with Crippen LogP contribution in [0.5, 0.6) is 5.75 Å². The molecule has 2 aromatic carbocycles. The number of nitrogens with zero attached hydrogens (tertiary/aromatic N) is 2. The second-order valence-electron chi connectivity index (χ2n) is 6.92. The zero-order chi connectivity index (χ0) is 19.8. The van der Waals surface area contributed by atoms with Crippen LogP contribution in [-0.4, -0.2) is 24.0 Å². The fourth-order valence-corrected chi connectivity index (χ4v) is 3.28. The van der Waals surface area contributed by atoms with Crippen molar-refractivity contribution in [1.29, 1.82) is 0 Å². The Morgan fingerprint density at radius 2 is 1.90 bits per heavy atom. The number of ether oxygens (including phenoxy) is 1. The summed E-state index contributed by atoms with van der Waals surface area (Å²) in [5, 5.41) is 17.7. The third kappa shape index (κ3) is 7.19. The second kappa shape index (κ2) is 11.6. The normalized spacial score (nSPS) is 14.2. The number of hydrogen-bond acceptors (Lipinski definition) is 4. The number of halogens is 1. The Kier molecular flexibility index (Phi) is 9.17. The van der Waals surface area contributed by atoms with Gasteiger partial charge >= 0.3 is 0 Å². The maximum absolute atomic E-state index is 10.8. The Morgan fingerprint density at radius 1 is 1.17 bits per heavy atom. The summed E-state index contributed by atoms with van der Waals surface area (Å²) in [6, 6.07) is 14.9. The van der Waals surface area contributed by atoms with Gasteiger partial charge in [-0.15, -0.1) is 24.0 Å². The SMILES string of the molecule is COc1cccc(CN=C(NCc2ccc([N+](=O)[O-])cc2)NC2CCCC2)c1.I. The van der Waals surface area contributed by atoms with Gasteiger partial charge in [-0.05, 0) is 36.1 Å². The molecule has 7 nitrogen and oxygen atoms in total. The summed E-state index contributed by atoms with van der Waals surface area (Å²) in [5.74, 6) is 1.57. The summed E-state index contributed by atoms with van der Waals surface area (Å²) in [4.78, 5) is 15.1. The number of nitro benzene ring substituents is 1. The van der Waals surface area contributed by atoms with E-state index in [9.17, 15) is 10.1 Å². The zero-order valence-corrected chi connectivity index (χ0v) is 18.8. The number of benzene rings is 2. The van der Waals surface area contributed by atoms with E-state index in [0.717, 1.165) is 35.7 Å². The molecule has 2 N–H and O–H groups in total. The first-order chi connectivity index (χ1) is 13.6. The fraction of sp³-hybridized carbons (Fsp3) is 0.381. The largest absolute Gasteiger partial charge is 0.497 e. The molecule has 8 heteroatoms. The van der Waals surface area contributed by atoms with Crippen LogP contribution in [0, 0.1) is 10.1 Å². The van der Waals surface area contributed by atoms with Gasteiger partial charge in [0, 0.05) is 24.7 Å². The molecule has 0 saturated heterocycles. The summed E-state index contributed by atoms with van der Waals surface area (Å²) < 4.78 is 5.27. The van der Waals surface area contributed by atoms with E-state index in [1.54, 1.807) is 19.2 Å². The third-order valence-electron chi connectivity index (χ3n) is 4.86.